The van der Waals surface area contributed by atoms with Crippen molar-refractivity contribution in [3.8, 4) is 5.75 Å². The van der Waals surface area contributed by atoms with Crippen molar-refractivity contribution >= 4 is 21.8 Å². The van der Waals surface area contributed by atoms with Crippen molar-refractivity contribution in [3.05, 3.63) is 29.6 Å². The smallest absolute Gasteiger partial charge is 0.254 e. The van der Waals surface area contributed by atoms with Gasteiger partial charge in [0.05, 0.1) is 12.7 Å². The third kappa shape index (κ3) is 4.47. The fourth-order valence-corrected chi connectivity index (χ4v) is 2.33. The summed E-state index contributed by atoms with van der Waals surface area (Å²) in [6, 6.07) is 4.20. The molecular formula is C15H21BrFNO2. The highest BCUT2D eigenvalue weighted by molar-refractivity contribution is 9.09. The molecule has 0 saturated heterocycles. The molecule has 0 radical (unpaired) electrons. The Balaban J connectivity index is 2.89. The minimum Gasteiger partial charge on any atom is -0.497 e. The van der Waals surface area contributed by atoms with Crippen molar-refractivity contribution in [3.63, 3.8) is 0 Å². The zero-order valence-electron chi connectivity index (χ0n) is 12.3. The fraction of sp³-hybridized carbons (Fsp3) is 0.533. The number of methoxy groups -OCH3 is 1. The van der Waals surface area contributed by atoms with Crippen LogP contribution in [-0.4, -0.2) is 24.4 Å². The molecule has 0 aliphatic carbocycles. The number of hydrogen-bond acceptors (Lipinski definition) is 2. The van der Waals surface area contributed by atoms with Gasteiger partial charge in [-0.25, -0.2) is 4.39 Å². The Hall–Kier alpha value is -1.10. The third-order valence-electron chi connectivity index (χ3n) is 3.17. The molecule has 0 saturated carbocycles. The van der Waals surface area contributed by atoms with Gasteiger partial charge in [-0.15, -0.1) is 0 Å². The summed E-state index contributed by atoms with van der Waals surface area (Å²) in [5, 5.41) is 3.68. The second-order valence-electron chi connectivity index (χ2n) is 5.72. The van der Waals surface area contributed by atoms with Crippen LogP contribution in [-0.2, 0) is 0 Å². The number of alkyl halides is 1. The van der Waals surface area contributed by atoms with E-state index in [-0.39, 0.29) is 17.0 Å². The predicted octanol–water partition coefficient (Wildman–Crippen LogP) is 3.76. The van der Waals surface area contributed by atoms with Gasteiger partial charge in [-0.3, -0.25) is 4.79 Å². The zero-order chi connectivity index (χ0) is 15.3. The summed E-state index contributed by atoms with van der Waals surface area (Å²) in [7, 11) is 1.46. The molecule has 0 spiro atoms. The highest BCUT2D eigenvalue weighted by atomic mass is 79.9. The summed E-state index contributed by atoms with van der Waals surface area (Å²) in [6.45, 7) is 6.14. The van der Waals surface area contributed by atoms with E-state index in [0.717, 1.165) is 11.8 Å². The second kappa shape index (κ2) is 7.07. The summed E-state index contributed by atoms with van der Waals surface area (Å²) < 4.78 is 18.8. The molecule has 0 bridgehead atoms. The molecule has 0 fully saturated rings. The van der Waals surface area contributed by atoms with E-state index in [2.05, 4.69) is 21.2 Å². The standard InChI is InChI=1S/C15H21BrFNO2/c1-15(2,3)13(7-8-16)18-14(19)11-6-5-10(20-4)9-12(11)17/h5-6,9,13H,7-8H2,1-4H3,(H,18,19). The van der Waals surface area contributed by atoms with Gasteiger partial charge in [-0.1, -0.05) is 36.7 Å². The Morgan fingerprint density at radius 2 is 2.10 bits per heavy atom. The molecule has 3 nitrogen and oxygen atoms in total. The van der Waals surface area contributed by atoms with Gasteiger partial charge in [0, 0.05) is 17.4 Å². The van der Waals surface area contributed by atoms with E-state index in [1.165, 1.54) is 19.2 Å². The highest BCUT2D eigenvalue weighted by Gasteiger charge is 2.26. The van der Waals surface area contributed by atoms with Gasteiger partial charge in [0.15, 0.2) is 0 Å². The van der Waals surface area contributed by atoms with Crippen LogP contribution in [0.5, 0.6) is 5.75 Å². The first-order chi connectivity index (χ1) is 9.29. The van der Waals surface area contributed by atoms with Crippen molar-refractivity contribution < 1.29 is 13.9 Å². The Kier molecular flexibility index (Phi) is 5.99. The first-order valence-corrected chi connectivity index (χ1v) is 7.62. The van der Waals surface area contributed by atoms with Gasteiger partial charge < -0.3 is 10.1 Å². The van der Waals surface area contributed by atoms with Crippen molar-refractivity contribution in [1.82, 2.24) is 5.32 Å². The SMILES string of the molecule is COc1ccc(C(=O)NC(CCBr)C(C)(C)C)c(F)c1. The lowest BCUT2D eigenvalue weighted by atomic mass is 9.85. The molecule has 1 aromatic rings. The van der Waals surface area contributed by atoms with Crippen molar-refractivity contribution in [2.75, 3.05) is 12.4 Å². The van der Waals surface area contributed by atoms with Gasteiger partial charge in [0.1, 0.15) is 11.6 Å². The first kappa shape index (κ1) is 17.0. The summed E-state index contributed by atoms with van der Waals surface area (Å²) in [6.07, 6.45) is 0.785. The molecule has 20 heavy (non-hydrogen) atoms. The molecule has 1 amide bonds. The number of hydrogen-bond donors (Lipinski definition) is 1. The van der Waals surface area contributed by atoms with E-state index < -0.39 is 11.7 Å². The second-order valence-corrected chi connectivity index (χ2v) is 6.51. The van der Waals surface area contributed by atoms with E-state index in [1.54, 1.807) is 6.07 Å². The molecule has 5 heteroatoms. The van der Waals surface area contributed by atoms with Gasteiger partial charge in [0.2, 0.25) is 0 Å². The van der Waals surface area contributed by atoms with Gasteiger partial charge >= 0.3 is 0 Å². The van der Waals surface area contributed by atoms with E-state index >= 15 is 0 Å². The number of halogens is 2. The van der Waals surface area contributed by atoms with Gasteiger partial charge in [0.25, 0.3) is 5.91 Å². The average molecular weight is 346 g/mol. The third-order valence-corrected chi connectivity index (χ3v) is 3.63. The van der Waals surface area contributed by atoms with Crippen LogP contribution >= 0.6 is 15.9 Å². The Bertz CT molecular complexity index is 471. The minimum atomic E-state index is -0.576. The van der Waals surface area contributed by atoms with Crippen LogP contribution in [0, 0.1) is 11.2 Å². The van der Waals surface area contributed by atoms with E-state index in [0.29, 0.717) is 5.75 Å². The van der Waals surface area contributed by atoms with Gasteiger partial charge in [-0.2, -0.15) is 0 Å². The zero-order valence-corrected chi connectivity index (χ0v) is 13.9. The molecule has 1 unspecified atom stereocenters. The molecular weight excluding hydrogens is 325 g/mol. The maximum absolute atomic E-state index is 13.9. The van der Waals surface area contributed by atoms with E-state index in [4.69, 9.17) is 4.74 Å². The monoisotopic (exact) mass is 345 g/mol. The van der Waals surface area contributed by atoms with Crippen LogP contribution < -0.4 is 10.1 Å². The number of carbonyl (C=O) groups excluding carboxylic acids is 1. The van der Waals surface area contributed by atoms with Crippen LogP contribution in [0.25, 0.3) is 0 Å². The van der Waals surface area contributed by atoms with Crippen molar-refractivity contribution in [2.24, 2.45) is 5.41 Å². The first-order valence-electron chi connectivity index (χ1n) is 6.50. The molecule has 0 aromatic heterocycles. The van der Waals surface area contributed by atoms with Crippen LogP contribution in [0.15, 0.2) is 18.2 Å². The van der Waals surface area contributed by atoms with Crippen molar-refractivity contribution in [1.29, 1.82) is 0 Å². The molecule has 1 rings (SSSR count). The van der Waals surface area contributed by atoms with Crippen molar-refractivity contribution in [2.45, 2.75) is 33.2 Å². The number of amides is 1. The molecule has 0 heterocycles. The topological polar surface area (TPSA) is 38.3 Å². The molecule has 1 atom stereocenters. The maximum atomic E-state index is 13.9. The number of carbonyl (C=O) groups is 1. The lowest BCUT2D eigenvalue weighted by Gasteiger charge is -2.31. The highest BCUT2D eigenvalue weighted by Crippen LogP contribution is 2.23. The Labute approximate surface area is 128 Å². The predicted molar refractivity (Wildman–Crippen MR) is 82.1 cm³/mol. The van der Waals surface area contributed by atoms with Crippen LogP contribution in [0.4, 0.5) is 4.39 Å². The quantitative estimate of drug-likeness (QED) is 0.825. The number of benzene rings is 1. The summed E-state index contributed by atoms with van der Waals surface area (Å²) in [4.78, 5) is 12.2. The molecule has 112 valence electrons. The molecule has 1 aromatic carbocycles. The number of nitrogens with one attached hydrogen (secondary N) is 1. The molecule has 0 aliphatic rings. The Morgan fingerprint density at radius 1 is 1.45 bits per heavy atom. The lowest BCUT2D eigenvalue weighted by Crippen LogP contribution is -2.44. The van der Waals surface area contributed by atoms with E-state index in [9.17, 15) is 9.18 Å². The van der Waals surface area contributed by atoms with Crippen LogP contribution in [0.1, 0.15) is 37.6 Å². The van der Waals surface area contributed by atoms with Crippen LogP contribution in [0.2, 0.25) is 0 Å². The van der Waals surface area contributed by atoms with E-state index in [1.807, 2.05) is 20.8 Å². The minimum absolute atomic E-state index is 0.0316. The molecule has 0 aliphatic heterocycles. The largest absolute Gasteiger partial charge is 0.497 e. The summed E-state index contributed by atoms with van der Waals surface area (Å²) in [5.74, 6) is -0.578. The number of rotatable bonds is 5. The molecule has 1 N–H and O–H groups in total. The Morgan fingerprint density at radius 3 is 2.55 bits per heavy atom. The normalized spacial score (nSPS) is 12.9. The van der Waals surface area contributed by atoms with Crippen LogP contribution in [0.3, 0.4) is 0 Å². The lowest BCUT2D eigenvalue weighted by molar-refractivity contribution is 0.0896. The average Bonchev–Trinajstić information content (AvgIpc) is 2.36. The summed E-state index contributed by atoms with van der Waals surface area (Å²) >= 11 is 3.38. The number of ether oxygens (including phenoxy) is 1. The fourth-order valence-electron chi connectivity index (χ4n) is 1.87. The van der Waals surface area contributed by atoms with Gasteiger partial charge in [-0.05, 0) is 24.0 Å². The summed E-state index contributed by atoms with van der Waals surface area (Å²) in [5.41, 5.74) is -0.0542. The maximum Gasteiger partial charge on any atom is 0.254 e.